The lowest BCUT2D eigenvalue weighted by atomic mass is 10.1. The molecule has 1 aliphatic rings. The smallest absolute Gasteiger partial charge is 0.212 e. The first-order valence-corrected chi connectivity index (χ1v) is 8.06. The number of likely N-dealkylation sites (N-methyl/N-ethyl adjacent to an activating group) is 1. The third-order valence-electron chi connectivity index (χ3n) is 4.91. The van der Waals surface area contributed by atoms with Gasteiger partial charge in [0, 0.05) is 48.4 Å². The molecule has 0 saturated heterocycles. The summed E-state index contributed by atoms with van der Waals surface area (Å²) in [6.07, 6.45) is 3.32. The van der Waals surface area contributed by atoms with Crippen molar-refractivity contribution in [2.45, 2.75) is 13.3 Å². The van der Waals surface area contributed by atoms with Crippen molar-refractivity contribution in [3.8, 4) is 0 Å². The van der Waals surface area contributed by atoms with Gasteiger partial charge in [0.25, 0.3) is 0 Å². The van der Waals surface area contributed by atoms with Crippen LogP contribution in [0.2, 0.25) is 0 Å². The maximum atomic E-state index is 2.32. The van der Waals surface area contributed by atoms with Crippen LogP contribution in [0, 0.1) is 6.92 Å². The molecule has 3 heteroatoms. The monoisotopic (exact) mass is 428 g/mol. The number of anilines is 1. The van der Waals surface area contributed by atoms with Gasteiger partial charge >= 0.3 is 0 Å². The summed E-state index contributed by atoms with van der Waals surface area (Å²) in [6.45, 7) is 2.19. The van der Waals surface area contributed by atoms with E-state index in [1.165, 1.54) is 39.1 Å². The van der Waals surface area contributed by atoms with Gasteiger partial charge in [0.05, 0.1) is 0 Å². The number of aryl methyl sites for hydroxylation is 2. The molecule has 0 aliphatic carbocycles. The Kier molecular flexibility index (Phi) is 4.63. The summed E-state index contributed by atoms with van der Waals surface area (Å²) in [5, 5.41) is 1.32. The quantitative estimate of drug-likeness (QED) is 0.415. The minimum atomic E-state index is 0. The lowest BCUT2D eigenvalue weighted by Gasteiger charge is -2.14. The Morgan fingerprint density at radius 2 is 1.75 bits per heavy atom. The highest BCUT2D eigenvalue weighted by Crippen LogP contribution is 2.33. The Hall–Kier alpha value is -1.88. The molecule has 0 N–H and O–H groups in total. The standard InChI is InChI=1S/C21H21N2.HI/c1-15-12-17(23(3)21-11-7-5-9-19(15)21)14-18-13-16-8-4-6-10-20(16)22(18)2;/h4-12,14H,13H2,1-3H3;1H/q+1;/p-1. The average molecular weight is 428 g/mol. The van der Waals surface area contributed by atoms with Crippen LogP contribution in [-0.4, -0.2) is 7.05 Å². The number of allylic oxidation sites excluding steroid dienone is 1. The molecule has 0 radical (unpaired) electrons. The molecule has 1 aromatic heterocycles. The van der Waals surface area contributed by atoms with Gasteiger partial charge in [-0.3, -0.25) is 0 Å². The van der Waals surface area contributed by atoms with E-state index in [1.54, 1.807) is 0 Å². The van der Waals surface area contributed by atoms with Gasteiger partial charge in [-0.15, -0.1) is 0 Å². The largest absolute Gasteiger partial charge is 1.00 e. The molecule has 0 fully saturated rings. The van der Waals surface area contributed by atoms with E-state index in [2.05, 4.69) is 91.2 Å². The number of hydrogen-bond acceptors (Lipinski definition) is 1. The first-order valence-electron chi connectivity index (χ1n) is 8.06. The third-order valence-corrected chi connectivity index (χ3v) is 4.91. The van der Waals surface area contributed by atoms with Gasteiger partial charge in [-0.25, -0.2) is 0 Å². The highest BCUT2D eigenvalue weighted by molar-refractivity contribution is 5.80. The number of benzene rings is 2. The number of rotatable bonds is 1. The number of hydrogen-bond donors (Lipinski definition) is 0. The van der Waals surface area contributed by atoms with E-state index < -0.39 is 0 Å². The van der Waals surface area contributed by atoms with Gasteiger partial charge in [0.15, 0.2) is 0 Å². The molecule has 0 atom stereocenters. The van der Waals surface area contributed by atoms with Crippen molar-refractivity contribution in [1.82, 2.24) is 0 Å². The fraction of sp³-hybridized carbons (Fsp3) is 0.190. The Labute approximate surface area is 160 Å². The Morgan fingerprint density at radius 1 is 1.04 bits per heavy atom. The van der Waals surface area contributed by atoms with E-state index in [1.807, 2.05) is 0 Å². The summed E-state index contributed by atoms with van der Waals surface area (Å²) >= 11 is 0. The maximum absolute atomic E-state index is 2.32. The van der Waals surface area contributed by atoms with Crippen molar-refractivity contribution < 1.29 is 28.5 Å². The van der Waals surface area contributed by atoms with Gasteiger partial charge in [0.1, 0.15) is 7.05 Å². The van der Waals surface area contributed by atoms with Crippen LogP contribution >= 0.6 is 0 Å². The zero-order valence-electron chi connectivity index (χ0n) is 14.3. The van der Waals surface area contributed by atoms with Crippen LogP contribution in [0.5, 0.6) is 0 Å². The highest BCUT2D eigenvalue weighted by atomic mass is 127. The van der Waals surface area contributed by atoms with E-state index in [0.717, 1.165) is 6.42 Å². The first kappa shape index (κ1) is 17.0. The highest BCUT2D eigenvalue weighted by Gasteiger charge is 2.22. The van der Waals surface area contributed by atoms with Crippen LogP contribution in [0.3, 0.4) is 0 Å². The van der Waals surface area contributed by atoms with E-state index in [9.17, 15) is 0 Å². The predicted molar refractivity (Wildman–Crippen MR) is 96.4 cm³/mol. The first-order chi connectivity index (χ1) is 11.1. The molecule has 3 aromatic rings. The summed E-state index contributed by atoms with van der Waals surface area (Å²) in [4.78, 5) is 2.31. The van der Waals surface area contributed by atoms with E-state index in [-0.39, 0.29) is 24.0 Å². The number of para-hydroxylation sites is 2. The van der Waals surface area contributed by atoms with Crippen LogP contribution in [0.15, 0.2) is 60.3 Å². The predicted octanol–water partition coefficient (Wildman–Crippen LogP) is 1.01. The van der Waals surface area contributed by atoms with Crippen LogP contribution in [0.25, 0.3) is 17.0 Å². The van der Waals surface area contributed by atoms with Gasteiger partial charge in [-0.1, -0.05) is 30.3 Å². The molecule has 0 spiro atoms. The van der Waals surface area contributed by atoms with E-state index >= 15 is 0 Å². The van der Waals surface area contributed by atoms with Crippen LogP contribution in [0.1, 0.15) is 16.8 Å². The van der Waals surface area contributed by atoms with E-state index in [4.69, 9.17) is 0 Å². The van der Waals surface area contributed by atoms with Crippen molar-refractivity contribution >= 4 is 22.7 Å². The van der Waals surface area contributed by atoms with Crippen molar-refractivity contribution in [2.24, 2.45) is 7.05 Å². The summed E-state index contributed by atoms with van der Waals surface area (Å²) in [7, 11) is 4.31. The molecule has 0 saturated carbocycles. The molecule has 4 rings (SSSR count). The lowest BCUT2D eigenvalue weighted by molar-refractivity contribution is -0.646. The zero-order valence-corrected chi connectivity index (χ0v) is 16.4. The van der Waals surface area contributed by atoms with Crippen LogP contribution in [0.4, 0.5) is 5.69 Å². The minimum Gasteiger partial charge on any atom is -1.00 e. The number of fused-ring (bicyclic) bond motifs is 2. The van der Waals surface area contributed by atoms with E-state index in [0.29, 0.717) is 0 Å². The second-order valence-electron chi connectivity index (χ2n) is 6.33. The Bertz CT molecular complexity index is 944. The molecule has 1 aliphatic heterocycles. The Balaban J connectivity index is 0.00000169. The summed E-state index contributed by atoms with van der Waals surface area (Å²) in [6, 6.07) is 19.5. The summed E-state index contributed by atoms with van der Waals surface area (Å²) in [5.41, 5.74) is 7.91. The molecule has 2 nitrogen and oxygen atoms in total. The Morgan fingerprint density at radius 3 is 2.54 bits per heavy atom. The molecule has 122 valence electrons. The van der Waals surface area contributed by atoms with Gasteiger partial charge in [-0.05, 0) is 30.2 Å². The molecule has 0 unspecified atom stereocenters. The number of pyridine rings is 1. The second kappa shape index (κ2) is 6.55. The molecule has 0 bridgehead atoms. The molecule has 24 heavy (non-hydrogen) atoms. The van der Waals surface area contributed by atoms with Crippen molar-refractivity contribution in [3.05, 3.63) is 77.1 Å². The van der Waals surface area contributed by atoms with Gasteiger partial charge < -0.3 is 28.9 Å². The fourth-order valence-corrected chi connectivity index (χ4v) is 3.55. The van der Waals surface area contributed by atoms with Crippen LogP contribution in [-0.2, 0) is 13.5 Å². The molecular formula is C21H21IN2. The number of nitrogens with zero attached hydrogens (tertiary/aromatic N) is 2. The topological polar surface area (TPSA) is 7.12 Å². The minimum absolute atomic E-state index is 0. The molecule has 0 amide bonds. The van der Waals surface area contributed by atoms with Gasteiger partial charge in [0.2, 0.25) is 11.2 Å². The second-order valence-corrected chi connectivity index (χ2v) is 6.33. The fourth-order valence-electron chi connectivity index (χ4n) is 3.55. The summed E-state index contributed by atoms with van der Waals surface area (Å²) < 4.78 is 2.28. The molecule has 2 aromatic carbocycles. The number of halogens is 1. The number of aromatic nitrogens is 1. The average Bonchev–Trinajstić information content (AvgIpc) is 2.89. The third kappa shape index (κ3) is 2.71. The van der Waals surface area contributed by atoms with Crippen molar-refractivity contribution in [3.63, 3.8) is 0 Å². The SMILES string of the molecule is Cc1cc(C=C2Cc3ccccc3N2C)[n+](C)c2ccccc12.[I-]. The van der Waals surface area contributed by atoms with Crippen molar-refractivity contribution in [1.29, 1.82) is 0 Å². The summed E-state index contributed by atoms with van der Waals surface area (Å²) in [5.74, 6) is 0. The van der Waals surface area contributed by atoms with Gasteiger partial charge in [-0.2, -0.15) is 4.57 Å². The molecule has 2 heterocycles. The van der Waals surface area contributed by atoms with Crippen molar-refractivity contribution in [2.75, 3.05) is 11.9 Å². The van der Waals surface area contributed by atoms with Crippen LogP contribution < -0.4 is 33.4 Å². The maximum Gasteiger partial charge on any atom is 0.212 e. The normalized spacial score (nSPS) is 14.8. The zero-order chi connectivity index (χ0) is 16.0. The molecular weight excluding hydrogens is 407 g/mol. The lowest BCUT2D eigenvalue weighted by Crippen LogP contribution is -3.00.